The van der Waals surface area contributed by atoms with Gasteiger partial charge in [-0.15, -0.1) is 11.3 Å². The van der Waals surface area contributed by atoms with E-state index in [0.29, 0.717) is 22.9 Å². The van der Waals surface area contributed by atoms with Gasteiger partial charge in [-0.2, -0.15) is 0 Å². The molecule has 1 aromatic heterocycles. The third-order valence-electron chi connectivity index (χ3n) is 3.88. The largest absolute Gasteiger partial charge is 0.298 e. The molecule has 8 heteroatoms. The fourth-order valence-electron chi connectivity index (χ4n) is 2.57. The minimum atomic E-state index is -3.71. The monoisotopic (exact) mass is 401 g/mol. The molecule has 0 saturated carbocycles. The molecule has 1 heterocycles. The number of hydrogen-bond donors (Lipinski definition) is 1. The predicted octanol–water partition coefficient (Wildman–Crippen LogP) is 3.92. The zero-order valence-corrected chi connectivity index (χ0v) is 16.5. The van der Waals surface area contributed by atoms with E-state index < -0.39 is 10.0 Å². The number of benzene rings is 2. The van der Waals surface area contributed by atoms with E-state index in [1.54, 1.807) is 37.4 Å². The number of carbonyl (C=O) groups is 1. The lowest BCUT2D eigenvalue weighted by atomic mass is 10.2. The topological polar surface area (TPSA) is 79.4 Å². The highest BCUT2D eigenvalue weighted by atomic mass is 32.2. The molecule has 0 radical (unpaired) electrons. The Morgan fingerprint density at radius 1 is 1.11 bits per heavy atom. The Kier molecular flexibility index (Phi) is 5.57. The molecule has 2 aromatic carbocycles. The maximum Gasteiger partial charge on any atom is 0.264 e. The first-order valence-corrected chi connectivity index (χ1v) is 10.6. The number of thiazole rings is 1. The minimum absolute atomic E-state index is 0.134. The van der Waals surface area contributed by atoms with Crippen LogP contribution in [0, 0.1) is 6.92 Å². The molecule has 6 nitrogen and oxygen atoms in total. The predicted molar refractivity (Wildman–Crippen MR) is 108 cm³/mol. The van der Waals surface area contributed by atoms with E-state index in [1.807, 2.05) is 13.0 Å². The molecule has 0 fully saturated rings. The van der Waals surface area contributed by atoms with Crippen LogP contribution in [-0.4, -0.2) is 25.9 Å². The summed E-state index contributed by atoms with van der Waals surface area (Å²) < 4.78 is 27.2. The summed E-state index contributed by atoms with van der Waals surface area (Å²) in [6.07, 6.45) is 1.68. The Bertz CT molecular complexity index is 1030. The summed E-state index contributed by atoms with van der Waals surface area (Å²) in [7, 11) is -3.71. The lowest BCUT2D eigenvalue weighted by Crippen LogP contribution is -2.30. The van der Waals surface area contributed by atoms with Crippen molar-refractivity contribution in [3.8, 4) is 0 Å². The van der Waals surface area contributed by atoms with Crippen LogP contribution in [0.5, 0.6) is 0 Å². The molecule has 0 unspecified atom stereocenters. The van der Waals surface area contributed by atoms with Crippen LogP contribution >= 0.6 is 11.3 Å². The Balaban J connectivity index is 1.82. The van der Waals surface area contributed by atoms with Crippen LogP contribution in [0.3, 0.4) is 0 Å². The minimum Gasteiger partial charge on any atom is -0.298 e. The number of anilines is 2. The third-order valence-corrected chi connectivity index (χ3v) is 6.62. The number of sulfonamides is 1. The van der Waals surface area contributed by atoms with Gasteiger partial charge in [0.1, 0.15) is 0 Å². The van der Waals surface area contributed by atoms with Crippen LogP contribution < -0.4 is 9.62 Å². The van der Waals surface area contributed by atoms with Crippen molar-refractivity contribution in [1.29, 1.82) is 0 Å². The normalized spacial score (nSPS) is 11.2. The van der Waals surface area contributed by atoms with Gasteiger partial charge >= 0.3 is 0 Å². The lowest BCUT2D eigenvalue weighted by Gasteiger charge is -2.22. The first kappa shape index (κ1) is 19.1. The highest BCUT2D eigenvalue weighted by Crippen LogP contribution is 2.24. The smallest absolute Gasteiger partial charge is 0.264 e. The van der Waals surface area contributed by atoms with Gasteiger partial charge in [0.15, 0.2) is 5.13 Å². The van der Waals surface area contributed by atoms with Crippen LogP contribution in [0.2, 0.25) is 0 Å². The van der Waals surface area contributed by atoms with Gasteiger partial charge in [-0.05, 0) is 50.2 Å². The Morgan fingerprint density at radius 3 is 2.33 bits per heavy atom. The molecule has 0 aliphatic carbocycles. The first-order chi connectivity index (χ1) is 12.9. The number of aromatic nitrogens is 1. The number of hydrogen-bond acceptors (Lipinski definition) is 5. The average Bonchev–Trinajstić information content (AvgIpc) is 3.08. The Hall–Kier alpha value is -2.71. The van der Waals surface area contributed by atoms with Crippen molar-refractivity contribution in [3.63, 3.8) is 0 Å². The summed E-state index contributed by atoms with van der Waals surface area (Å²) in [4.78, 5) is 17.5. The molecule has 1 N–H and O–H groups in total. The fraction of sp³-hybridized carbons (Fsp3) is 0.158. The number of amides is 1. The summed E-state index contributed by atoms with van der Waals surface area (Å²) in [5, 5.41) is 3.22. The van der Waals surface area contributed by atoms with E-state index in [-0.39, 0.29) is 10.8 Å². The molecule has 3 rings (SSSR count). The molecule has 140 valence electrons. The summed E-state index contributed by atoms with van der Waals surface area (Å²) in [6.45, 7) is 3.99. The van der Waals surface area contributed by atoms with Gasteiger partial charge in [-0.25, -0.2) is 13.4 Å². The van der Waals surface area contributed by atoms with E-state index >= 15 is 0 Å². The highest BCUT2D eigenvalue weighted by Gasteiger charge is 2.23. The van der Waals surface area contributed by atoms with E-state index in [1.165, 1.54) is 39.9 Å². The van der Waals surface area contributed by atoms with E-state index in [4.69, 9.17) is 0 Å². The number of carbonyl (C=O) groups excluding carboxylic acids is 1. The number of para-hydroxylation sites is 1. The lowest BCUT2D eigenvalue weighted by molar-refractivity contribution is 0.102. The van der Waals surface area contributed by atoms with Gasteiger partial charge < -0.3 is 0 Å². The van der Waals surface area contributed by atoms with Crippen LogP contribution in [0.4, 0.5) is 10.8 Å². The maximum absolute atomic E-state index is 13.0. The number of nitrogens with zero attached hydrogens (tertiary/aromatic N) is 2. The molecule has 0 atom stereocenters. The second-order valence-electron chi connectivity index (χ2n) is 5.76. The molecule has 3 aromatic rings. The molecule has 1 amide bonds. The van der Waals surface area contributed by atoms with E-state index in [2.05, 4.69) is 10.3 Å². The third kappa shape index (κ3) is 4.17. The second-order valence-corrected chi connectivity index (χ2v) is 8.86. The van der Waals surface area contributed by atoms with Crippen molar-refractivity contribution < 1.29 is 13.2 Å². The van der Waals surface area contributed by atoms with Gasteiger partial charge in [0.25, 0.3) is 15.9 Å². The van der Waals surface area contributed by atoms with Crippen molar-refractivity contribution in [2.75, 3.05) is 16.2 Å². The molecular weight excluding hydrogens is 382 g/mol. The van der Waals surface area contributed by atoms with Gasteiger partial charge in [-0.1, -0.05) is 18.2 Å². The quantitative estimate of drug-likeness (QED) is 0.679. The number of rotatable bonds is 6. The fourth-order valence-corrected chi connectivity index (χ4v) is 4.71. The van der Waals surface area contributed by atoms with Gasteiger partial charge in [-0.3, -0.25) is 14.4 Å². The SMILES string of the molecule is CCN(c1ccccc1)S(=O)(=O)c1ccc(C(=O)Nc2ncc(C)s2)cc1. The molecule has 27 heavy (non-hydrogen) atoms. The van der Waals surface area contributed by atoms with Crippen LogP contribution in [0.1, 0.15) is 22.2 Å². The summed E-state index contributed by atoms with van der Waals surface area (Å²) >= 11 is 1.38. The number of nitrogens with one attached hydrogen (secondary N) is 1. The van der Waals surface area contributed by atoms with Crippen molar-refractivity contribution >= 4 is 38.1 Å². The molecule has 0 saturated heterocycles. The van der Waals surface area contributed by atoms with Crippen molar-refractivity contribution in [2.24, 2.45) is 0 Å². The Morgan fingerprint density at radius 2 is 1.78 bits per heavy atom. The summed E-state index contributed by atoms with van der Waals surface area (Å²) in [5.74, 6) is -0.330. The second kappa shape index (κ2) is 7.89. The molecule has 0 aliphatic heterocycles. The first-order valence-electron chi connectivity index (χ1n) is 8.33. The summed E-state index contributed by atoms with van der Waals surface area (Å²) in [5.41, 5.74) is 0.963. The van der Waals surface area contributed by atoms with E-state index in [9.17, 15) is 13.2 Å². The van der Waals surface area contributed by atoms with Crippen molar-refractivity contribution in [2.45, 2.75) is 18.7 Å². The van der Waals surface area contributed by atoms with Gasteiger partial charge in [0, 0.05) is 23.2 Å². The molecule has 0 aliphatic rings. The van der Waals surface area contributed by atoms with Gasteiger partial charge in [0.2, 0.25) is 0 Å². The zero-order valence-electron chi connectivity index (χ0n) is 14.9. The van der Waals surface area contributed by atoms with Gasteiger partial charge in [0.05, 0.1) is 10.6 Å². The van der Waals surface area contributed by atoms with Crippen LogP contribution in [-0.2, 0) is 10.0 Å². The molecule has 0 bridgehead atoms. The zero-order chi connectivity index (χ0) is 19.4. The summed E-state index contributed by atoms with van der Waals surface area (Å²) in [6, 6.07) is 14.8. The molecular formula is C19H19N3O3S2. The maximum atomic E-state index is 13.0. The standard InChI is InChI=1S/C19H19N3O3S2/c1-3-22(16-7-5-4-6-8-16)27(24,25)17-11-9-15(10-12-17)18(23)21-19-20-13-14(2)26-19/h4-13H,3H2,1-2H3,(H,20,21,23). The van der Waals surface area contributed by atoms with E-state index in [0.717, 1.165) is 4.88 Å². The average molecular weight is 402 g/mol. The van der Waals surface area contributed by atoms with Crippen LogP contribution in [0.15, 0.2) is 65.7 Å². The van der Waals surface area contributed by atoms with Crippen molar-refractivity contribution in [1.82, 2.24) is 4.98 Å². The van der Waals surface area contributed by atoms with Crippen LogP contribution in [0.25, 0.3) is 0 Å². The Labute approximate surface area is 162 Å². The highest BCUT2D eigenvalue weighted by molar-refractivity contribution is 7.92. The van der Waals surface area contributed by atoms with Crippen molar-refractivity contribution in [3.05, 3.63) is 71.2 Å². The molecule has 0 spiro atoms. The number of aryl methyl sites for hydroxylation is 1.